The fourth-order valence-corrected chi connectivity index (χ4v) is 4.70. The normalized spacial score (nSPS) is 25.8. The van der Waals surface area contributed by atoms with Gasteiger partial charge in [0.05, 0.1) is 23.5 Å². The molecule has 8 heteroatoms. The first-order chi connectivity index (χ1) is 13.2. The summed E-state index contributed by atoms with van der Waals surface area (Å²) in [5.74, 6) is 0.916. The van der Waals surface area contributed by atoms with E-state index in [2.05, 4.69) is 29.5 Å². The summed E-state index contributed by atoms with van der Waals surface area (Å²) in [7, 11) is 1.63. The van der Waals surface area contributed by atoms with Gasteiger partial charge in [-0.05, 0) is 43.1 Å². The van der Waals surface area contributed by atoms with Crippen LogP contribution in [0.1, 0.15) is 38.7 Å². The van der Waals surface area contributed by atoms with Gasteiger partial charge in [-0.2, -0.15) is 13.2 Å². The number of carbonyl (C=O) groups is 1. The Labute approximate surface area is 164 Å². The lowest BCUT2D eigenvalue weighted by molar-refractivity contribution is -0.137. The second-order valence-corrected chi connectivity index (χ2v) is 8.37. The molecule has 0 bridgehead atoms. The Balaban J connectivity index is 1.73. The highest BCUT2D eigenvalue weighted by atomic mass is 19.4. The Bertz CT molecular complexity index is 694. The third-order valence-corrected chi connectivity index (χ3v) is 5.99. The molecule has 5 nitrogen and oxygen atoms in total. The molecular formula is C20H29F3N4O. The Kier molecular flexibility index (Phi) is 6.17. The van der Waals surface area contributed by atoms with Crippen molar-refractivity contribution in [3.05, 3.63) is 24.0 Å². The maximum absolute atomic E-state index is 13.4. The number of aromatic nitrogens is 1. The highest BCUT2D eigenvalue weighted by Gasteiger charge is 2.45. The number of halogens is 3. The van der Waals surface area contributed by atoms with Gasteiger partial charge in [0.15, 0.2) is 0 Å². The lowest BCUT2D eigenvalue weighted by Gasteiger charge is -2.28. The fraction of sp³-hybridized carbons (Fsp3) is 0.700. The van der Waals surface area contributed by atoms with Crippen LogP contribution in [0.5, 0.6) is 0 Å². The third-order valence-electron chi connectivity index (χ3n) is 5.99. The van der Waals surface area contributed by atoms with Gasteiger partial charge in [-0.1, -0.05) is 13.8 Å². The van der Waals surface area contributed by atoms with Gasteiger partial charge in [0.2, 0.25) is 5.91 Å². The van der Waals surface area contributed by atoms with Gasteiger partial charge in [0.25, 0.3) is 0 Å². The quantitative estimate of drug-likeness (QED) is 0.773. The van der Waals surface area contributed by atoms with E-state index in [1.807, 2.05) is 4.90 Å². The van der Waals surface area contributed by atoms with Crippen molar-refractivity contribution in [1.82, 2.24) is 15.6 Å². The maximum Gasteiger partial charge on any atom is 0.418 e. The van der Waals surface area contributed by atoms with Crippen LogP contribution in [0.15, 0.2) is 18.5 Å². The number of rotatable bonds is 6. The Morgan fingerprint density at radius 1 is 1.32 bits per heavy atom. The summed E-state index contributed by atoms with van der Waals surface area (Å²) in [4.78, 5) is 18.0. The van der Waals surface area contributed by atoms with E-state index in [0.29, 0.717) is 24.9 Å². The molecule has 2 fully saturated rings. The monoisotopic (exact) mass is 398 g/mol. The first-order valence-electron chi connectivity index (χ1n) is 9.94. The van der Waals surface area contributed by atoms with E-state index in [1.54, 1.807) is 7.05 Å². The second-order valence-electron chi connectivity index (χ2n) is 8.37. The van der Waals surface area contributed by atoms with Crippen LogP contribution in [0.25, 0.3) is 0 Å². The van der Waals surface area contributed by atoms with Crippen molar-refractivity contribution in [2.24, 2.45) is 17.8 Å². The number of nitrogens with one attached hydrogen (secondary N) is 2. The first kappa shape index (κ1) is 20.9. The molecule has 1 saturated carbocycles. The van der Waals surface area contributed by atoms with Crippen molar-refractivity contribution in [1.29, 1.82) is 0 Å². The van der Waals surface area contributed by atoms with E-state index in [-0.39, 0.29) is 29.6 Å². The van der Waals surface area contributed by atoms with Crippen LogP contribution in [0.4, 0.5) is 18.9 Å². The van der Waals surface area contributed by atoms with Crippen LogP contribution in [0.2, 0.25) is 0 Å². The van der Waals surface area contributed by atoms with Crippen LogP contribution in [-0.2, 0) is 11.0 Å². The summed E-state index contributed by atoms with van der Waals surface area (Å²) in [6.07, 6.45) is 0.760. The molecule has 28 heavy (non-hydrogen) atoms. The van der Waals surface area contributed by atoms with Gasteiger partial charge in [-0.3, -0.25) is 9.78 Å². The molecule has 3 rings (SSSR count). The van der Waals surface area contributed by atoms with E-state index >= 15 is 0 Å². The van der Waals surface area contributed by atoms with E-state index < -0.39 is 11.7 Å². The first-order valence-corrected chi connectivity index (χ1v) is 9.94. The van der Waals surface area contributed by atoms with Gasteiger partial charge in [0, 0.05) is 32.4 Å². The van der Waals surface area contributed by atoms with Crippen molar-refractivity contribution in [2.45, 2.75) is 51.4 Å². The van der Waals surface area contributed by atoms with Gasteiger partial charge < -0.3 is 15.5 Å². The van der Waals surface area contributed by atoms with Gasteiger partial charge >= 0.3 is 6.18 Å². The van der Waals surface area contributed by atoms with Crippen LogP contribution in [0.3, 0.4) is 0 Å². The molecule has 1 aliphatic heterocycles. The fourth-order valence-electron chi connectivity index (χ4n) is 4.70. The lowest BCUT2D eigenvalue weighted by atomic mass is 9.95. The zero-order chi connectivity index (χ0) is 20.5. The zero-order valence-electron chi connectivity index (χ0n) is 16.6. The molecule has 1 aliphatic carbocycles. The van der Waals surface area contributed by atoms with Crippen LogP contribution >= 0.6 is 0 Å². The molecule has 0 radical (unpaired) electrons. The number of fused-ring (bicyclic) bond motifs is 1. The summed E-state index contributed by atoms with van der Waals surface area (Å²) in [6, 6.07) is 0.914. The zero-order valence-corrected chi connectivity index (χ0v) is 16.6. The Hall–Kier alpha value is -1.83. The van der Waals surface area contributed by atoms with Gasteiger partial charge in [-0.25, -0.2) is 0 Å². The molecule has 2 aliphatic rings. The minimum absolute atomic E-state index is 0.0291. The molecule has 0 spiro atoms. The van der Waals surface area contributed by atoms with Crippen molar-refractivity contribution in [2.75, 3.05) is 25.0 Å². The largest absolute Gasteiger partial charge is 0.418 e. The van der Waals surface area contributed by atoms with Crippen LogP contribution in [0, 0.1) is 17.8 Å². The molecule has 2 heterocycles. The summed E-state index contributed by atoms with van der Waals surface area (Å²) in [6.45, 7) is 5.31. The topological polar surface area (TPSA) is 57.3 Å². The van der Waals surface area contributed by atoms with Crippen molar-refractivity contribution in [3.8, 4) is 0 Å². The molecule has 2 N–H and O–H groups in total. The molecule has 156 valence electrons. The van der Waals surface area contributed by atoms with E-state index in [4.69, 9.17) is 0 Å². The highest BCUT2D eigenvalue weighted by Crippen LogP contribution is 2.43. The smallest absolute Gasteiger partial charge is 0.369 e. The average molecular weight is 398 g/mol. The minimum Gasteiger partial charge on any atom is -0.369 e. The van der Waals surface area contributed by atoms with E-state index in [9.17, 15) is 18.0 Å². The Morgan fingerprint density at radius 3 is 2.71 bits per heavy atom. The maximum atomic E-state index is 13.4. The van der Waals surface area contributed by atoms with Crippen molar-refractivity contribution in [3.63, 3.8) is 0 Å². The predicted octanol–water partition coefficient (Wildman–Crippen LogP) is 3.07. The average Bonchev–Trinajstić information content (AvgIpc) is 3.21. The summed E-state index contributed by atoms with van der Waals surface area (Å²) in [5.41, 5.74) is -0.469. The minimum atomic E-state index is -4.39. The number of carbonyl (C=O) groups excluding carboxylic acids is 1. The number of likely N-dealkylation sites (N-methyl/N-ethyl adjacent to an activating group) is 1. The number of anilines is 1. The van der Waals surface area contributed by atoms with Gasteiger partial charge in [-0.15, -0.1) is 0 Å². The molecule has 0 unspecified atom stereocenters. The molecule has 1 saturated heterocycles. The molecule has 1 amide bonds. The number of hydrogen-bond donors (Lipinski definition) is 2. The molecule has 1 aromatic heterocycles. The summed E-state index contributed by atoms with van der Waals surface area (Å²) < 4.78 is 40.1. The van der Waals surface area contributed by atoms with Crippen LogP contribution < -0.4 is 15.5 Å². The standard InChI is InChI=1S/C20H29F3N4O/c1-12(2)8-17(19(28)24-3)26-16-5-4-13-10-27(11-14(13)16)18-9-25-7-6-15(18)20(21,22)23/h6-7,9,12-14,16-17,26H,4-5,8,10-11H2,1-3H3,(H,24,28)/t13-,14+,16+,17+/m1/s1. The number of amides is 1. The summed E-state index contributed by atoms with van der Waals surface area (Å²) in [5, 5.41) is 6.23. The SMILES string of the molecule is CNC(=O)[C@H](CC(C)C)N[C@H]1CC[C@@H]2CN(c3cnccc3C(F)(F)F)C[C@@H]21. The molecule has 1 aromatic rings. The Morgan fingerprint density at radius 2 is 2.07 bits per heavy atom. The van der Waals surface area contributed by atoms with Crippen LogP contribution in [-0.4, -0.2) is 43.1 Å². The van der Waals surface area contributed by atoms with Gasteiger partial charge in [0.1, 0.15) is 0 Å². The molecule has 4 atom stereocenters. The second kappa shape index (κ2) is 8.27. The number of alkyl halides is 3. The lowest BCUT2D eigenvalue weighted by Crippen LogP contribution is -2.50. The summed E-state index contributed by atoms with van der Waals surface area (Å²) >= 11 is 0. The number of nitrogens with zero attached hydrogens (tertiary/aromatic N) is 2. The van der Waals surface area contributed by atoms with E-state index in [0.717, 1.165) is 25.3 Å². The van der Waals surface area contributed by atoms with E-state index in [1.165, 1.54) is 12.4 Å². The third kappa shape index (κ3) is 4.42. The highest BCUT2D eigenvalue weighted by molar-refractivity contribution is 5.81. The molecule has 0 aromatic carbocycles. The predicted molar refractivity (Wildman–Crippen MR) is 102 cm³/mol. The number of pyridine rings is 1. The molecular weight excluding hydrogens is 369 g/mol. The van der Waals surface area contributed by atoms with Crippen molar-refractivity contribution >= 4 is 11.6 Å². The number of hydrogen-bond acceptors (Lipinski definition) is 4. The van der Waals surface area contributed by atoms with Crippen molar-refractivity contribution < 1.29 is 18.0 Å².